The van der Waals surface area contributed by atoms with Crippen molar-refractivity contribution in [3.05, 3.63) is 185 Å². The summed E-state index contributed by atoms with van der Waals surface area (Å²) in [5, 5.41) is 2.27. The number of hydrogen-bond acceptors (Lipinski definition) is 3. The summed E-state index contributed by atoms with van der Waals surface area (Å²) < 4.78 is 7.22. The summed E-state index contributed by atoms with van der Waals surface area (Å²) in [6.07, 6.45) is 4.64. The average Bonchev–Trinajstić information content (AvgIpc) is 3.73. The Morgan fingerprint density at radius 1 is 0.443 bits per heavy atom. The zero-order chi connectivity index (χ0) is 48.2. The number of hydrogen-bond donors (Lipinski definition) is 0. The maximum atomic E-state index is 7.22. The molecule has 0 amide bonds. The number of aryl methyl sites for hydroxylation is 2. The monoisotopic (exact) mass is 911 g/mol. The maximum absolute atomic E-state index is 7.22. The van der Waals surface area contributed by atoms with E-state index in [0.29, 0.717) is 0 Å². The molecule has 0 saturated heterocycles. The Hall–Kier alpha value is -6.78. The van der Waals surface area contributed by atoms with Crippen LogP contribution in [0.3, 0.4) is 0 Å². The number of para-hydroxylation sites is 2. The molecule has 0 saturated carbocycles. The van der Waals surface area contributed by atoms with Crippen LogP contribution in [0.2, 0.25) is 0 Å². The number of benzene rings is 8. The molecule has 0 fully saturated rings. The number of rotatable bonds is 4. The van der Waals surface area contributed by atoms with Gasteiger partial charge >= 0.3 is 0 Å². The number of nitrogens with zero attached hydrogens (tertiary/aromatic N) is 2. The average molecular weight is 911 g/mol. The summed E-state index contributed by atoms with van der Waals surface area (Å²) in [6.45, 7) is 24.2. The van der Waals surface area contributed by atoms with Crippen LogP contribution in [0.15, 0.2) is 156 Å². The fourth-order valence-electron chi connectivity index (χ4n) is 13.5. The van der Waals surface area contributed by atoms with E-state index in [0.717, 1.165) is 52.6 Å². The SMILES string of the molecule is Cc1cccc(C)c1-c1cc2c3c(c1)N(c1ccccc1-c1ccccc1)c1c(ccc4c1oc1ccccc14)B3c1cc3c(cc1N2c1ccc2c(c1)C(C)(C)CCC2(C)C)C(C)(C)CCC3(C)C. The largest absolute Gasteiger partial charge is 0.454 e. The van der Waals surface area contributed by atoms with Gasteiger partial charge in [0, 0.05) is 39.1 Å². The highest BCUT2D eigenvalue weighted by Crippen LogP contribution is 2.55. The summed E-state index contributed by atoms with van der Waals surface area (Å²) >= 11 is 0. The van der Waals surface area contributed by atoms with Gasteiger partial charge in [0.15, 0.2) is 5.58 Å². The van der Waals surface area contributed by atoms with Crippen molar-refractivity contribution in [2.75, 3.05) is 9.80 Å². The van der Waals surface area contributed by atoms with Crippen molar-refractivity contribution in [2.24, 2.45) is 0 Å². The second kappa shape index (κ2) is 14.9. The summed E-state index contributed by atoms with van der Waals surface area (Å²) in [6, 6.07) is 58.0. The molecular weight excluding hydrogens is 848 g/mol. The van der Waals surface area contributed by atoms with Gasteiger partial charge in [0.25, 0.3) is 6.71 Å². The van der Waals surface area contributed by atoms with Crippen LogP contribution in [0.5, 0.6) is 0 Å². The Bertz CT molecular complexity index is 3640. The molecule has 13 rings (SSSR count). The highest BCUT2D eigenvalue weighted by atomic mass is 16.3. The summed E-state index contributed by atoms with van der Waals surface area (Å²) in [4.78, 5) is 5.30. The predicted octanol–water partition coefficient (Wildman–Crippen LogP) is 16.3. The zero-order valence-corrected chi connectivity index (χ0v) is 42.6. The molecule has 70 heavy (non-hydrogen) atoms. The van der Waals surface area contributed by atoms with E-state index in [2.05, 4.69) is 231 Å². The number of furan rings is 1. The van der Waals surface area contributed by atoms with E-state index in [1.165, 1.54) is 101 Å². The van der Waals surface area contributed by atoms with Gasteiger partial charge in [0.2, 0.25) is 0 Å². The van der Waals surface area contributed by atoms with E-state index < -0.39 is 0 Å². The van der Waals surface area contributed by atoms with Gasteiger partial charge in [-0.1, -0.05) is 165 Å². The molecule has 2 aliphatic carbocycles. The van der Waals surface area contributed by atoms with E-state index in [1.807, 2.05) is 0 Å². The Morgan fingerprint density at radius 2 is 1.04 bits per heavy atom. The van der Waals surface area contributed by atoms with Gasteiger partial charge in [-0.05, 0) is 170 Å². The van der Waals surface area contributed by atoms with Crippen LogP contribution in [0.4, 0.5) is 34.1 Å². The van der Waals surface area contributed by atoms with Gasteiger partial charge in [-0.3, -0.25) is 0 Å². The van der Waals surface area contributed by atoms with Gasteiger partial charge < -0.3 is 14.2 Å². The first-order valence-corrected chi connectivity index (χ1v) is 25.8. The Kier molecular flexibility index (Phi) is 9.19. The van der Waals surface area contributed by atoms with Crippen molar-refractivity contribution >= 4 is 79.2 Å². The molecule has 0 radical (unpaired) electrons. The quantitative estimate of drug-likeness (QED) is 0.164. The molecule has 8 aromatic carbocycles. The van der Waals surface area contributed by atoms with Crippen LogP contribution in [-0.2, 0) is 21.7 Å². The topological polar surface area (TPSA) is 19.6 Å². The van der Waals surface area contributed by atoms with E-state index in [9.17, 15) is 0 Å². The molecule has 0 unspecified atom stereocenters. The fourth-order valence-corrected chi connectivity index (χ4v) is 13.5. The molecule has 0 bridgehead atoms. The molecule has 3 nitrogen and oxygen atoms in total. The highest BCUT2D eigenvalue weighted by molar-refractivity contribution is 7.00. The minimum absolute atomic E-state index is 0.0157. The van der Waals surface area contributed by atoms with Crippen LogP contribution in [0.1, 0.15) is 114 Å². The van der Waals surface area contributed by atoms with Crippen molar-refractivity contribution in [3.63, 3.8) is 0 Å². The number of fused-ring (bicyclic) bond motifs is 10. The minimum atomic E-state index is -0.0739. The molecule has 4 heteroatoms. The van der Waals surface area contributed by atoms with Gasteiger partial charge in [-0.25, -0.2) is 0 Å². The maximum Gasteiger partial charge on any atom is 0.252 e. The van der Waals surface area contributed by atoms with Crippen molar-refractivity contribution < 1.29 is 4.42 Å². The molecule has 4 aliphatic rings. The molecule has 0 atom stereocenters. The van der Waals surface area contributed by atoms with Crippen molar-refractivity contribution in [3.8, 4) is 22.3 Å². The third-order valence-corrected chi connectivity index (χ3v) is 17.6. The summed E-state index contributed by atoms with van der Waals surface area (Å²) in [5.74, 6) is 0. The van der Waals surface area contributed by atoms with Crippen LogP contribution in [0.25, 0.3) is 44.2 Å². The highest BCUT2D eigenvalue weighted by Gasteiger charge is 2.48. The summed E-state index contributed by atoms with van der Waals surface area (Å²) in [5.41, 5.74) is 26.5. The van der Waals surface area contributed by atoms with Gasteiger partial charge in [0.05, 0.1) is 11.4 Å². The molecule has 0 N–H and O–H groups in total. The van der Waals surface area contributed by atoms with E-state index in [4.69, 9.17) is 4.42 Å². The first-order valence-electron chi connectivity index (χ1n) is 25.8. The van der Waals surface area contributed by atoms with Crippen LogP contribution in [-0.4, -0.2) is 6.71 Å². The zero-order valence-electron chi connectivity index (χ0n) is 42.6. The Labute approximate surface area is 415 Å². The van der Waals surface area contributed by atoms with Gasteiger partial charge in [-0.15, -0.1) is 0 Å². The molecule has 2 aliphatic heterocycles. The summed E-state index contributed by atoms with van der Waals surface area (Å²) in [7, 11) is 0. The van der Waals surface area contributed by atoms with Crippen LogP contribution in [0, 0.1) is 13.8 Å². The lowest BCUT2D eigenvalue weighted by Crippen LogP contribution is -2.62. The first-order chi connectivity index (χ1) is 33.5. The molecule has 0 spiro atoms. The molecule has 9 aromatic rings. The van der Waals surface area contributed by atoms with Crippen molar-refractivity contribution in [2.45, 2.75) is 117 Å². The number of anilines is 6. The third kappa shape index (κ3) is 6.20. The molecular formula is C66H63BN2O. The standard InChI is InChI=1S/C66H63BN2O/c1-40-19-18-20-41(2)59(40)43-35-56-60-57(36-43)69(54-25-16-14-23-45(54)42-21-12-11-13-22-42)61-52(30-28-47-46-24-15-17-26-58(46)70-62(47)61)67(60)53-38-50-51(66(9,10)34-33-65(50,7)8)39-55(53)68(56)44-27-29-48-49(37-44)64(5,6)32-31-63(48,3)4/h11-30,35-39H,31-34H2,1-10H3. The Balaban J connectivity index is 1.22. The van der Waals surface area contributed by atoms with Crippen molar-refractivity contribution in [1.29, 1.82) is 0 Å². The fraction of sp³-hybridized carbons (Fsp3) is 0.273. The molecule has 3 heterocycles. The second-order valence-electron chi connectivity index (χ2n) is 23.9. The second-order valence-corrected chi connectivity index (χ2v) is 23.9. The van der Waals surface area contributed by atoms with E-state index in [1.54, 1.807) is 0 Å². The van der Waals surface area contributed by atoms with Gasteiger partial charge in [0.1, 0.15) is 5.58 Å². The Morgan fingerprint density at radius 3 is 1.76 bits per heavy atom. The van der Waals surface area contributed by atoms with E-state index in [-0.39, 0.29) is 28.4 Å². The van der Waals surface area contributed by atoms with Crippen LogP contribution < -0.4 is 26.2 Å². The molecule has 1 aromatic heterocycles. The first kappa shape index (κ1) is 43.3. The predicted molar refractivity (Wildman–Crippen MR) is 299 cm³/mol. The normalized spacial score (nSPS) is 17.7. The lowest BCUT2D eigenvalue weighted by atomic mass is 9.33. The lowest BCUT2D eigenvalue weighted by molar-refractivity contribution is 0.332. The van der Waals surface area contributed by atoms with E-state index >= 15 is 0 Å². The third-order valence-electron chi connectivity index (χ3n) is 17.6. The van der Waals surface area contributed by atoms with Crippen LogP contribution >= 0.6 is 0 Å². The smallest absolute Gasteiger partial charge is 0.252 e. The molecule has 346 valence electrons. The van der Waals surface area contributed by atoms with Crippen molar-refractivity contribution in [1.82, 2.24) is 0 Å². The van der Waals surface area contributed by atoms with Gasteiger partial charge in [-0.2, -0.15) is 0 Å². The lowest BCUT2D eigenvalue weighted by Gasteiger charge is -2.48. The minimum Gasteiger partial charge on any atom is -0.454 e.